The van der Waals surface area contributed by atoms with Gasteiger partial charge in [0.1, 0.15) is 0 Å². The van der Waals surface area contributed by atoms with E-state index in [2.05, 4.69) is 38.9 Å². The number of aromatic nitrogens is 1. The van der Waals surface area contributed by atoms with Gasteiger partial charge in [-0.15, -0.1) is 0 Å². The number of rotatable bonds is 3. The smallest absolute Gasteiger partial charge is 0.294 e. The topological polar surface area (TPSA) is 125 Å². The third-order valence-electron chi connectivity index (χ3n) is 5.27. The first-order chi connectivity index (χ1) is 16.3. The highest BCUT2D eigenvalue weighted by Crippen LogP contribution is 2.30. The van der Waals surface area contributed by atoms with Crippen LogP contribution in [0.15, 0.2) is 81.3 Å². The predicted molar refractivity (Wildman–Crippen MR) is 139 cm³/mol. The van der Waals surface area contributed by atoms with Gasteiger partial charge in [0, 0.05) is 22.9 Å². The van der Waals surface area contributed by atoms with Crippen molar-refractivity contribution in [3.63, 3.8) is 0 Å². The molecule has 1 atom stereocenters. The molecule has 2 heterocycles. The average Bonchev–Trinajstić information content (AvgIpc) is 3.20. The van der Waals surface area contributed by atoms with Gasteiger partial charge < -0.3 is 0 Å². The molecule has 0 aliphatic carbocycles. The van der Waals surface area contributed by atoms with Crippen LogP contribution < -0.4 is 0 Å². The molecular formula is C24H29BrN2O6S2. The van der Waals surface area contributed by atoms with Crippen LogP contribution in [0.1, 0.15) is 35.6 Å². The average molecular weight is 586 g/mol. The Bertz CT molecular complexity index is 1240. The monoisotopic (exact) mass is 584 g/mol. The zero-order chi connectivity index (χ0) is 26.2. The summed E-state index contributed by atoms with van der Waals surface area (Å²) in [7, 11) is -5.86. The summed E-state index contributed by atoms with van der Waals surface area (Å²) in [6.07, 6.45) is 6.36. The van der Waals surface area contributed by atoms with Crippen molar-refractivity contribution in [2.75, 3.05) is 13.6 Å². The Labute approximate surface area is 215 Å². The molecule has 1 aliphatic heterocycles. The quantitative estimate of drug-likeness (QED) is 0.407. The van der Waals surface area contributed by atoms with E-state index in [-0.39, 0.29) is 9.79 Å². The Morgan fingerprint density at radius 3 is 1.66 bits per heavy atom. The maximum absolute atomic E-state index is 10.5. The van der Waals surface area contributed by atoms with E-state index in [0.29, 0.717) is 6.04 Å². The predicted octanol–water partition coefficient (Wildman–Crippen LogP) is 5.09. The molecule has 1 saturated heterocycles. The molecule has 1 aliphatic rings. The van der Waals surface area contributed by atoms with Crippen molar-refractivity contribution in [2.24, 2.45) is 0 Å². The van der Waals surface area contributed by atoms with Gasteiger partial charge in [-0.1, -0.05) is 35.4 Å². The van der Waals surface area contributed by atoms with Crippen LogP contribution in [0.25, 0.3) is 0 Å². The van der Waals surface area contributed by atoms with Gasteiger partial charge in [-0.25, -0.2) is 0 Å². The van der Waals surface area contributed by atoms with Gasteiger partial charge in [-0.2, -0.15) is 16.8 Å². The number of benzene rings is 2. The van der Waals surface area contributed by atoms with E-state index in [9.17, 15) is 16.8 Å². The van der Waals surface area contributed by atoms with Crippen molar-refractivity contribution in [3.8, 4) is 0 Å². The van der Waals surface area contributed by atoms with Crippen molar-refractivity contribution < 1.29 is 25.9 Å². The van der Waals surface area contributed by atoms with Crippen LogP contribution in [0.2, 0.25) is 0 Å². The normalized spacial score (nSPS) is 16.0. The Kier molecular flexibility index (Phi) is 10.6. The number of hydrogen-bond acceptors (Lipinski definition) is 6. The molecular weight excluding hydrogens is 556 g/mol. The molecule has 3 aromatic rings. The number of nitrogens with zero attached hydrogens (tertiary/aromatic N) is 2. The van der Waals surface area contributed by atoms with E-state index in [1.807, 2.05) is 26.2 Å². The number of aryl methyl sites for hydroxylation is 2. The van der Waals surface area contributed by atoms with Crippen molar-refractivity contribution >= 4 is 36.2 Å². The fourth-order valence-electron chi connectivity index (χ4n) is 3.36. The highest BCUT2D eigenvalue weighted by molar-refractivity contribution is 9.10. The minimum atomic E-state index is -4.02. The van der Waals surface area contributed by atoms with Crippen LogP contribution in [0.5, 0.6) is 0 Å². The van der Waals surface area contributed by atoms with Crippen LogP contribution in [-0.4, -0.2) is 49.4 Å². The summed E-state index contributed by atoms with van der Waals surface area (Å²) in [5.74, 6) is 0. The summed E-state index contributed by atoms with van der Waals surface area (Å²) < 4.78 is 60.2. The number of halogens is 1. The second kappa shape index (κ2) is 12.7. The lowest BCUT2D eigenvalue weighted by Crippen LogP contribution is -2.17. The number of hydrogen-bond donors (Lipinski definition) is 2. The van der Waals surface area contributed by atoms with E-state index >= 15 is 0 Å². The lowest BCUT2D eigenvalue weighted by Gasteiger charge is -2.19. The zero-order valence-electron chi connectivity index (χ0n) is 19.7. The molecule has 2 aromatic carbocycles. The van der Waals surface area contributed by atoms with Crippen LogP contribution in [-0.2, 0) is 20.2 Å². The largest absolute Gasteiger partial charge is 0.299 e. The van der Waals surface area contributed by atoms with Crippen LogP contribution >= 0.6 is 15.9 Å². The number of likely N-dealkylation sites (tertiary alicyclic amines) is 1. The Balaban J connectivity index is 0.000000186. The molecule has 0 unspecified atom stereocenters. The molecule has 2 N–H and O–H groups in total. The van der Waals surface area contributed by atoms with E-state index in [1.54, 1.807) is 24.3 Å². The van der Waals surface area contributed by atoms with Gasteiger partial charge in [0.25, 0.3) is 20.2 Å². The Hall–Kier alpha value is -2.15. The third kappa shape index (κ3) is 9.79. The van der Waals surface area contributed by atoms with Crippen molar-refractivity contribution in [1.82, 2.24) is 9.88 Å². The van der Waals surface area contributed by atoms with Crippen molar-refractivity contribution in [1.29, 1.82) is 0 Å². The molecule has 0 amide bonds. The highest BCUT2D eigenvalue weighted by atomic mass is 79.9. The summed E-state index contributed by atoms with van der Waals surface area (Å²) in [5, 5.41) is 0. The minimum absolute atomic E-state index is 0.0666. The molecule has 4 rings (SSSR count). The highest BCUT2D eigenvalue weighted by Gasteiger charge is 2.22. The number of pyridine rings is 1. The summed E-state index contributed by atoms with van der Waals surface area (Å²) in [6.45, 7) is 4.89. The molecule has 0 spiro atoms. The first-order valence-corrected chi connectivity index (χ1v) is 14.3. The van der Waals surface area contributed by atoms with E-state index in [0.717, 1.165) is 15.6 Å². The molecule has 1 aromatic heterocycles. The fourth-order valence-corrected chi connectivity index (χ4v) is 4.70. The Morgan fingerprint density at radius 1 is 0.857 bits per heavy atom. The molecule has 8 nitrogen and oxygen atoms in total. The second-order valence-electron chi connectivity index (χ2n) is 8.15. The summed E-state index contributed by atoms with van der Waals surface area (Å²) >= 11 is 3.45. The van der Waals surface area contributed by atoms with Crippen molar-refractivity contribution in [3.05, 3.63) is 88.2 Å². The fraction of sp³-hybridized carbons (Fsp3) is 0.292. The Morgan fingerprint density at radius 2 is 1.31 bits per heavy atom. The molecule has 0 saturated carbocycles. The zero-order valence-corrected chi connectivity index (χ0v) is 22.9. The van der Waals surface area contributed by atoms with E-state index < -0.39 is 20.2 Å². The molecule has 35 heavy (non-hydrogen) atoms. The van der Waals surface area contributed by atoms with Crippen LogP contribution in [0.3, 0.4) is 0 Å². The molecule has 1 fully saturated rings. The van der Waals surface area contributed by atoms with Gasteiger partial charge in [-0.05, 0) is 92.1 Å². The second-order valence-corrected chi connectivity index (χ2v) is 11.9. The van der Waals surface area contributed by atoms with Gasteiger partial charge in [0.05, 0.1) is 9.79 Å². The van der Waals surface area contributed by atoms with Crippen molar-refractivity contribution in [2.45, 2.75) is 42.5 Å². The lowest BCUT2D eigenvalue weighted by atomic mass is 10.1. The van der Waals surface area contributed by atoms with E-state index in [4.69, 9.17) is 9.11 Å². The van der Waals surface area contributed by atoms with E-state index in [1.165, 1.54) is 49.2 Å². The van der Waals surface area contributed by atoms with Gasteiger partial charge in [-0.3, -0.25) is 19.0 Å². The maximum atomic E-state index is 10.5. The van der Waals surface area contributed by atoms with Crippen LogP contribution in [0.4, 0.5) is 0 Å². The minimum Gasteiger partial charge on any atom is -0.299 e. The molecule has 0 bridgehead atoms. The summed E-state index contributed by atoms with van der Waals surface area (Å²) in [6, 6.07) is 14.7. The molecule has 0 radical (unpaired) electrons. The van der Waals surface area contributed by atoms with Gasteiger partial charge in [0.15, 0.2) is 0 Å². The van der Waals surface area contributed by atoms with Gasteiger partial charge >= 0.3 is 0 Å². The first-order valence-electron chi connectivity index (χ1n) is 10.7. The SMILES string of the molecule is CN1CCC[C@H]1c1cncc(Br)c1.Cc1ccc(S(=O)(=O)O)cc1.Cc1ccc(S(=O)(=O)O)cc1. The first kappa shape index (κ1) is 29.1. The summed E-state index contributed by atoms with van der Waals surface area (Å²) in [5.41, 5.74) is 3.24. The van der Waals surface area contributed by atoms with Crippen LogP contribution in [0, 0.1) is 13.8 Å². The van der Waals surface area contributed by atoms with Gasteiger partial charge in [0.2, 0.25) is 0 Å². The lowest BCUT2D eigenvalue weighted by molar-refractivity contribution is 0.317. The molecule has 190 valence electrons. The third-order valence-corrected chi connectivity index (χ3v) is 7.44. The maximum Gasteiger partial charge on any atom is 0.294 e. The standard InChI is InChI=1S/C10H13BrN2.2C7H8O3S/c1-13-4-2-3-10(13)8-5-9(11)7-12-6-8;2*1-6-2-4-7(5-3-6)11(8,9)10/h5-7,10H,2-4H2,1H3;2*2-5H,1H3,(H,8,9,10)/t10-;;/m0../s1. The summed E-state index contributed by atoms with van der Waals surface area (Å²) in [4.78, 5) is 6.45. The molecule has 11 heteroatoms.